The number of benzene rings is 2. The van der Waals surface area contributed by atoms with E-state index < -0.39 is 20.8 Å². The number of hydrogen-bond acceptors (Lipinski definition) is 4. The Morgan fingerprint density at radius 3 is 2.62 bits per heavy atom. The summed E-state index contributed by atoms with van der Waals surface area (Å²) in [6.07, 6.45) is 1.56. The molecule has 2 rings (SSSR count). The maximum absolute atomic E-state index is 12.5. The van der Waals surface area contributed by atoms with E-state index in [-0.39, 0.29) is 21.2 Å². The van der Waals surface area contributed by atoms with Crippen LogP contribution in [0.25, 0.3) is 0 Å². The van der Waals surface area contributed by atoms with Crippen molar-refractivity contribution in [1.29, 1.82) is 5.26 Å². The molecule has 24 heavy (non-hydrogen) atoms. The molecule has 126 valence electrons. The lowest BCUT2D eigenvalue weighted by Crippen LogP contribution is -2.14. The van der Waals surface area contributed by atoms with E-state index in [1.54, 1.807) is 24.5 Å². The summed E-state index contributed by atoms with van der Waals surface area (Å²) in [5.41, 5.74) is 1.11. The number of halogens is 2. The molecule has 5 nitrogen and oxygen atoms in total. The lowest BCUT2D eigenvalue weighted by Gasteiger charge is -2.12. The molecule has 0 saturated heterocycles. The van der Waals surface area contributed by atoms with Gasteiger partial charge in [0, 0.05) is 27.3 Å². The molecule has 0 saturated carbocycles. The molecule has 1 N–H and O–H groups in total. The minimum absolute atomic E-state index is 0.0611. The zero-order chi connectivity index (χ0) is 17.9. The van der Waals surface area contributed by atoms with Gasteiger partial charge in [0.1, 0.15) is 0 Å². The smallest absolute Gasteiger partial charge is 0.262 e. The summed E-state index contributed by atoms with van der Waals surface area (Å²) in [6, 6.07) is 10.9. The van der Waals surface area contributed by atoms with Crippen LogP contribution in [0.4, 0.5) is 5.69 Å². The summed E-state index contributed by atoms with van der Waals surface area (Å²) in [6.45, 7) is 0. The number of hydrogen-bond donors (Lipinski definition) is 1. The normalized spacial score (nSPS) is 12.4. The van der Waals surface area contributed by atoms with Gasteiger partial charge in [0.15, 0.2) is 0 Å². The van der Waals surface area contributed by atoms with Crippen molar-refractivity contribution >= 4 is 54.0 Å². The maximum Gasteiger partial charge on any atom is 0.262 e. The van der Waals surface area contributed by atoms with E-state index in [0.29, 0.717) is 15.8 Å². The SMILES string of the molecule is C[S@](=O)Cc1ccc(Cl)c(NS(=O)(=O)c2cc(Br)cc(C#N)c2)c1. The van der Waals surface area contributed by atoms with Crippen LogP contribution in [-0.2, 0) is 26.6 Å². The minimum atomic E-state index is -3.93. The van der Waals surface area contributed by atoms with Crippen LogP contribution < -0.4 is 4.72 Å². The average Bonchev–Trinajstić information content (AvgIpc) is 2.49. The highest BCUT2D eigenvalue weighted by atomic mass is 79.9. The molecule has 2 aromatic carbocycles. The molecule has 0 aliphatic heterocycles. The molecule has 0 bridgehead atoms. The third kappa shape index (κ3) is 4.80. The Balaban J connectivity index is 2.41. The van der Waals surface area contributed by atoms with Crippen molar-refractivity contribution in [3.63, 3.8) is 0 Å². The maximum atomic E-state index is 12.5. The van der Waals surface area contributed by atoms with E-state index in [4.69, 9.17) is 16.9 Å². The minimum Gasteiger partial charge on any atom is -0.278 e. The number of rotatable bonds is 5. The predicted octanol–water partition coefficient (Wildman–Crippen LogP) is 3.65. The topological polar surface area (TPSA) is 87.0 Å². The van der Waals surface area contributed by atoms with E-state index in [0.717, 1.165) is 0 Å². The Bertz CT molecular complexity index is 956. The summed E-state index contributed by atoms with van der Waals surface area (Å²) in [5.74, 6) is 0.293. The molecule has 2 aromatic rings. The van der Waals surface area contributed by atoms with Gasteiger partial charge in [-0.1, -0.05) is 33.6 Å². The van der Waals surface area contributed by atoms with Gasteiger partial charge in [-0.15, -0.1) is 0 Å². The first-order valence-electron chi connectivity index (χ1n) is 6.53. The highest BCUT2D eigenvalue weighted by molar-refractivity contribution is 9.10. The third-order valence-electron chi connectivity index (χ3n) is 2.96. The van der Waals surface area contributed by atoms with Crippen molar-refractivity contribution in [3.05, 3.63) is 57.0 Å². The second-order valence-corrected chi connectivity index (χ2v) is 9.36. The lowest BCUT2D eigenvalue weighted by molar-refractivity contribution is 0.601. The number of nitriles is 1. The predicted molar refractivity (Wildman–Crippen MR) is 98.9 cm³/mol. The van der Waals surface area contributed by atoms with Crippen molar-refractivity contribution in [2.75, 3.05) is 11.0 Å². The van der Waals surface area contributed by atoms with E-state index in [1.807, 2.05) is 6.07 Å². The summed E-state index contributed by atoms with van der Waals surface area (Å²) >= 11 is 9.23. The molecule has 0 fully saturated rings. The van der Waals surface area contributed by atoms with Crippen molar-refractivity contribution in [3.8, 4) is 6.07 Å². The zero-order valence-electron chi connectivity index (χ0n) is 12.4. The first-order valence-corrected chi connectivity index (χ1v) is 10.9. The van der Waals surface area contributed by atoms with Crippen LogP contribution >= 0.6 is 27.5 Å². The fourth-order valence-corrected chi connectivity index (χ4v) is 4.62. The van der Waals surface area contributed by atoms with Gasteiger partial charge in [-0.05, 0) is 35.9 Å². The molecule has 0 spiro atoms. The molecule has 0 aliphatic rings. The van der Waals surface area contributed by atoms with Gasteiger partial charge in [-0.3, -0.25) is 8.93 Å². The molecule has 0 unspecified atom stereocenters. The Kier molecular flexibility index (Phi) is 6.04. The second-order valence-electron chi connectivity index (χ2n) is 4.92. The molecule has 0 aromatic heterocycles. The van der Waals surface area contributed by atoms with Gasteiger partial charge in [0.2, 0.25) is 0 Å². The van der Waals surface area contributed by atoms with E-state index in [9.17, 15) is 12.6 Å². The number of anilines is 1. The van der Waals surface area contributed by atoms with Gasteiger partial charge < -0.3 is 0 Å². The fourth-order valence-electron chi connectivity index (χ4n) is 1.96. The number of nitrogens with one attached hydrogen (secondary N) is 1. The Labute approximate surface area is 156 Å². The molecule has 9 heteroatoms. The van der Waals surface area contributed by atoms with Crippen LogP contribution in [0, 0.1) is 11.3 Å². The van der Waals surface area contributed by atoms with Crippen molar-refractivity contribution in [2.45, 2.75) is 10.6 Å². The molecule has 1 atom stereocenters. The van der Waals surface area contributed by atoms with Gasteiger partial charge in [0.25, 0.3) is 10.0 Å². The summed E-state index contributed by atoms with van der Waals surface area (Å²) in [5, 5.41) is 9.19. The highest BCUT2D eigenvalue weighted by Crippen LogP contribution is 2.27. The van der Waals surface area contributed by atoms with E-state index >= 15 is 0 Å². The second kappa shape index (κ2) is 7.66. The van der Waals surface area contributed by atoms with Gasteiger partial charge in [-0.2, -0.15) is 5.26 Å². The zero-order valence-corrected chi connectivity index (χ0v) is 16.4. The number of nitrogens with zero attached hydrogens (tertiary/aromatic N) is 1. The molecule has 0 aliphatic carbocycles. The van der Waals surface area contributed by atoms with Gasteiger partial charge >= 0.3 is 0 Å². The summed E-state index contributed by atoms with van der Waals surface area (Å²) < 4.78 is 39.3. The van der Waals surface area contributed by atoms with Crippen LogP contribution in [0.3, 0.4) is 0 Å². The van der Waals surface area contributed by atoms with E-state index in [1.165, 1.54) is 18.2 Å². The lowest BCUT2D eigenvalue weighted by atomic mass is 10.2. The highest BCUT2D eigenvalue weighted by Gasteiger charge is 2.18. The standard InChI is InChI=1S/C15H12BrClN2O3S2/c1-23(20)9-10-2-3-14(17)15(6-10)19-24(21,22)13-5-11(8-18)4-12(16)7-13/h2-7,19H,9H2,1H3/t23-/m0/s1. The molecular formula is C15H12BrClN2O3S2. The Morgan fingerprint density at radius 1 is 1.29 bits per heavy atom. The van der Waals surface area contributed by atoms with Crippen molar-refractivity contribution < 1.29 is 12.6 Å². The monoisotopic (exact) mass is 446 g/mol. The summed E-state index contributed by atoms with van der Waals surface area (Å²) in [4.78, 5) is -0.0611. The average molecular weight is 448 g/mol. The van der Waals surface area contributed by atoms with Crippen LogP contribution in [0.2, 0.25) is 5.02 Å². The quantitative estimate of drug-likeness (QED) is 0.758. The van der Waals surface area contributed by atoms with Gasteiger partial charge in [0.05, 0.1) is 27.2 Å². The van der Waals surface area contributed by atoms with Gasteiger partial charge in [-0.25, -0.2) is 8.42 Å². The van der Waals surface area contributed by atoms with Crippen LogP contribution in [0.15, 0.2) is 45.8 Å². The third-order valence-corrected chi connectivity index (χ3v) is 5.83. The van der Waals surface area contributed by atoms with E-state index in [2.05, 4.69) is 20.7 Å². The fraction of sp³-hybridized carbons (Fsp3) is 0.133. The van der Waals surface area contributed by atoms with Crippen LogP contribution in [-0.4, -0.2) is 18.9 Å². The van der Waals surface area contributed by atoms with Crippen molar-refractivity contribution in [1.82, 2.24) is 0 Å². The largest absolute Gasteiger partial charge is 0.278 e. The van der Waals surface area contributed by atoms with Crippen molar-refractivity contribution in [2.24, 2.45) is 0 Å². The molecule has 0 amide bonds. The molecular weight excluding hydrogens is 436 g/mol. The van der Waals surface area contributed by atoms with Crippen LogP contribution in [0.5, 0.6) is 0 Å². The first kappa shape index (κ1) is 18.9. The molecule has 0 radical (unpaired) electrons. The Morgan fingerprint density at radius 2 is 2.00 bits per heavy atom. The molecule has 0 heterocycles. The summed E-state index contributed by atoms with van der Waals surface area (Å²) in [7, 11) is -4.99. The number of sulfonamides is 1. The first-order chi connectivity index (χ1) is 11.2. The van der Waals surface area contributed by atoms with Crippen LogP contribution in [0.1, 0.15) is 11.1 Å². The Hall–Kier alpha value is -1.40.